The van der Waals surface area contributed by atoms with Gasteiger partial charge in [-0.05, 0) is 26.8 Å². The molecule has 16 heavy (non-hydrogen) atoms. The number of likely N-dealkylation sites (N-methyl/N-ethyl adjacent to an activating group) is 2. The van der Waals surface area contributed by atoms with Crippen molar-refractivity contribution >= 4 is 11.8 Å². The summed E-state index contributed by atoms with van der Waals surface area (Å²) in [5.74, 6) is -0.221. The Hall–Kier alpha value is -1.10. The Labute approximate surface area is 97.4 Å². The van der Waals surface area contributed by atoms with Crippen molar-refractivity contribution in [2.75, 3.05) is 13.6 Å². The summed E-state index contributed by atoms with van der Waals surface area (Å²) in [6.45, 7) is 7.99. The van der Waals surface area contributed by atoms with E-state index in [1.165, 1.54) is 0 Å². The lowest BCUT2D eigenvalue weighted by Gasteiger charge is -2.23. The standard InChI is InChI=1S/C11H23N3O2/c1-6-13-11(16)9(7(2)3)14-10(15)8(4)12-5/h7-9,12H,6H2,1-5H3,(H,13,16)(H,14,15). The van der Waals surface area contributed by atoms with E-state index in [4.69, 9.17) is 0 Å². The van der Waals surface area contributed by atoms with Gasteiger partial charge < -0.3 is 16.0 Å². The average Bonchev–Trinajstić information content (AvgIpc) is 2.23. The van der Waals surface area contributed by atoms with Gasteiger partial charge in [0.25, 0.3) is 0 Å². The summed E-state index contributed by atoms with van der Waals surface area (Å²) in [4.78, 5) is 23.3. The first-order valence-corrected chi connectivity index (χ1v) is 5.69. The third kappa shape index (κ3) is 4.61. The van der Waals surface area contributed by atoms with E-state index in [1.807, 2.05) is 20.8 Å². The smallest absolute Gasteiger partial charge is 0.242 e. The van der Waals surface area contributed by atoms with Crippen LogP contribution in [0.15, 0.2) is 0 Å². The Morgan fingerprint density at radius 1 is 1.12 bits per heavy atom. The molecule has 0 aliphatic heterocycles. The minimum absolute atomic E-state index is 0.0690. The van der Waals surface area contributed by atoms with Crippen LogP contribution < -0.4 is 16.0 Å². The highest BCUT2D eigenvalue weighted by molar-refractivity contribution is 5.89. The van der Waals surface area contributed by atoms with Crippen molar-refractivity contribution in [2.45, 2.75) is 39.8 Å². The summed E-state index contributed by atoms with van der Waals surface area (Å²) >= 11 is 0. The number of hydrogen-bond acceptors (Lipinski definition) is 3. The molecule has 0 radical (unpaired) electrons. The van der Waals surface area contributed by atoms with Crippen molar-refractivity contribution in [1.82, 2.24) is 16.0 Å². The van der Waals surface area contributed by atoms with Crippen LogP contribution in [0.2, 0.25) is 0 Å². The molecule has 0 aliphatic carbocycles. The van der Waals surface area contributed by atoms with Crippen LogP contribution in [0.1, 0.15) is 27.7 Å². The first-order valence-electron chi connectivity index (χ1n) is 5.69. The first-order chi connectivity index (χ1) is 7.43. The second-order valence-corrected chi connectivity index (χ2v) is 4.14. The van der Waals surface area contributed by atoms with Gasteiger partial charge in [0.1, 0.15) is 6.04 Å². The van der Waals surface area contributed by atoms with Crippen molar-refractivity contribution in [3.63, 3.8) is 0 Å². The van der Waals surface area contributed by atoms with Gasteiger partial charge in [-0.25, -0.2) is 0 Å². The van der Waals surface area contributed by atoms with Crippen LogP contribution in [-0.2, 0) is 9.59 Å². The molecule has 0 rings (SSSR count). The Bertz CT molecular complexity index is 241. The maximum Gasteiger partial charge on any atom is 0.242 e. The van der Waals surface area contributed by atoms with Crippen LogP contribution in [0.25, 0.3) is 0 Å². The van der Waals surface area contributed by atoms with Gasteiger partial charge in [0.15, 0.2) is 0 Å². The molecule has 2 atom stereocenters. The fourth-order valence-electron chi connectivity index (χ4n) is 1.23. The maximum atomic E-state index is 11.7. The molecule has 0 spiro atoms. The summed E-state index contributed by atoms with van der Waals surface area (Å²) in [6, 6.07) is -0.765. The van der Waals surface area contributed by atoms with Crippen LogP contribution in [-0.4, -0.2) is 37.5 Å². The SMILES string of the molecule is CCNC(=O)C(NC(=O)C(C)NC)C(C)C. The fraction of sp³-hybridized carbons (Fsp3) is 0.818. The summed E-state index contributed by atoms with van der Waals surface area (Å²) in [7, 11) is 1.71. The quantitative estimate of drug-likeness (QED) is 0.594. The largest absolute Gasteiger partial charge is 0.355 e. The minimum Gasteiger partial charge on any atom is -0.355 e. The van der Waals surface area contributed by atoms with E-state index in [0.29, 0.717) is 6.54 Å². The van der Waals surface area contributed by atoms with Gasteiger partial charge in [-0.15, -0.1) is 0 Å². The molecule has 0 saturated carbocycles. The highest BCUT2D eigenvalue weighted by atomic mass is 16.2. The summed E-state index contributed by atoms with van der Waals surface area (Å²) in [5.41, 5.74) is 0. The van der Waals surface area contributed by atoms with Crippen molar-refractivity contribution in [3.8, 4) is 0 Å². The molecule has 94 valence electrons. The van der Waals surface area contributed by atoms with Crippen molar-refractivity contribution in [2.24, 2.45) is 5.92 Å². The molecule has 0 saturated heterocycles. The average molecular weight is 229 g/mol. The second kappa shape index (κ2) is 7.22. The molecule has 0 aliphatic rings. The molecular weight excluding hydrogens is 206 g/mol. The van der Waals surface area contributed by atoms with Crippen LogP contribution in [0, 0.1) is 5.92 Å². The lowest BCUT2D eigenvalue weighted by molar-refractivity contribution is -0.130. The van der Waals surface area contributed by atoms with Gasteiger partial charge in [-0.3, -0.25) is 9.59 Å². The predicted molar refractivity (Wildman–Crippen MR) is 64.0 cm³/mol. The Balaban J connectivity index is 4.45. The predicted octanol–water partition coefficient (Wildman–Crippen LogP) is -0.129. The monoisotopic (exact) mass is 229 g/mol. The highest BCUT2D eigenvalue weighted by Crippen LogP contribution is 2.02. The highest BCUT2D eigenvalue weighted by Gasteiger charge is 2.24. The van der Waals surface area contributed by atoms with E-state index in [2.05, 4.69) is 16.0 Å². The first kappa shape index (κ1) is 14.9. The third-order valence-corrected chi connectivity index (χ3v) is 2.42. The molecule has 0 fully saturated rings. The summed E-state index contributed by atoms with van der Waals surface area (Å²) < 4.78 is 0. The molecule has 0 heterocycles. The molecule has 5 heteroatoms. The summed E-state index contributed by atoms with van der Waals surface area (Å²) in [5, 5.41) is 8.29. The summed E-state index contributed by atoms with van der Waals surface area (Å²) in [6.07, 6.45) is 0. The van der Waals surface area contributed by atoms with Crippen LogP contribution in [0.4, 0.5) is 0 Å². The van der Waals surface area contributed by atoms with E-state index in [-0.39, 0.29) is 23.8 Å². The zero-order valence-corrected chi connectivity index (χ0v) is 10.8. The number of hydrogen-bond donors (Lipinski definition) is 3. The minimum atomic E-state index is -0.469. The van der Waals surface area contributed by atoms with Crippen LogP contribution in [0.3, 0.4) is 0 Å². The van der Waals surface area contributed by atoms with Crippen molar-refractivity contribution < 1.29 is 9.59 Å². The molecule has 0 bridgehead atoms. The van der Waals surface area contributed by atoms with E-state index in [0.717, 1.165) is 0 Å². The van der Waals surface area contributed by atoms with Gasteiger partial charge in [-0.2, -0.15) is 0 Å². The van der Waals surface area contributed by atoms with Crippen molar-refractivity contribution in [1.29, 1.82) is 0 Å². The fourth-order valence-corrected chi connectivity index (χ4v) is 1.23. The number of rotatable bonds is 6. The molecule has 2 amide bonds. The molecule has 2 unspecified atom stereocenters. The molecule has 0 aromatic carbocycles. The van der Waals surface area contributed by atoms with E-state index in [9.17, 15) is 9.59 Å². The van der Waals surface area contributed by atoms with Gasteiger partial charge in [0.05, 0.1) is 6.04 Å². The molecule has 0 aromatic rings. The normalized spacial score (nSPS) is 14.4. The van der Waals surface area contributed by atoms with Gasteiger partial charge in [-0.1, -0.05) is 13.8 Å². The lowest BCUT2D eigenvalue weighted by Crippen LogP contribution is -2.53. The number of carbonyl (C=O) groups excluding carboxylic acids is 2. The van der Waals surface area contributed by atoms with Crippen LogP contribution >= 0.6 is 0 Å². The molecule has 3 N–H and O–H groups in total. The molecular formula is C11H23N3O2. The number of amides is 2. The lowest BCUT2D eigenvalue weighted by atomic mass is 10.0. The third-order valence-electron chi connectivity index (χ3n) is 2.42. The van der Waals surface area contributed by atoms with E-state index < -0.39 is 6.04 Å². The van der Waals surface area contributed by atoms with E-state index in [1.54, 1.807) is 14.0 Å². The topological polar surface area (TPSA) is 70.2 Å². The molecule has 0 aromatic heterocycles. The zero-order valence-electron chi connectivity index (χ0n) is 10.8. The maximum absolute atomic E-state index is 11.7. The molecule has 5 nitrogen and oxygen atoms in total. The van der Waals surface area contributed by atoms with Gasteiger partial charge in [0.2, 0.25) is 11.8 Å². The second-order valence-electron chi connectivity index (χ2n) is 4.14. The van der Waals surface area contributed by atoms with Crippen LogP contribution in [0.5, 0.6) is 0 Å². The van der Waals surface area contributed by atoms with E-state index >= 15 is 0 Å². The Morgan fingerprint density at radius 3 is 2.06 bits per heavy atom. The number of nitrogens with one attached hydrogen (secondary N) is 3. The number of carbonyl (C=O) groups is 2. The van der Waals surface area contributed by atoms with Gasteiger partial charge in [0, 0.05) is 6.54 Å². The Kier molecular flexibility index (Phi) is 6.72. The Morgan fingerprint density at radius 2 is 1.69 bits per heavy atom. The zero-order chi connectivity index (χ0) is 12.7. The van der Waals surface area contributed by atoms with Gasteiger partial charge >= 0.3 is 0 Å². The van der Waals surface area contributed by atoms with Crippen molar-refractivity contribution in [3.05, 3.63) is 0 Å².